The molecular formula is C15H24N2O4S. The first-order valence-corrected chi connectivity index (χ1v) is 8.97. The number of thioether (sulfide) groups is 1. The van der Waals surface area contributed by atoms with Crippen LogP contribution in [0.5, 0.6) is 0 Å². The molecule has 0 aromatic carbocycles. The molecule has 1 atom stereocenters. The summed E-state index contributed by atoms with van der Waals surface area (Å²) in [5.41, 5.74) is -0.0112. The Labute approximate surface area is 135 Å². The van der Waals surface area contributed by atoms with E-state index in [1.165, 1.54) is 4.90 Å². The third kappa shape index (κ3) is 3.74. The maximum atomic E-state index is 12.2. The van der Waals surface area contributed by atoms with Gasteiger partial charge in [0.2, 0.25) is 11.8 Å². The van der Waals surface area contributed by atoms with Crippen LogP contribution >= 0.6 is 11.8 Å². The minimum atomic E-state index is -0.966. The minimum absolute atomic E-state index is 0.0112. The molecule has 2 amide bonds. The number of nitrogens with zero attached hydrogens (tertiary/aromatic N) is 2. The van der Waals surface area contributed by atoms with E-state index in [4.69, 9.17) is 5.11 Å². The molecule has 2 aliphatic rings. The van der Waals surface area contributed by atoms with E-state index in [9.17, 15) is 14.4 Å². The lowest BCUT2D eigenvalue weighted by atomic mass is 9.72. The zero-order valence-electron chi connectivity index (χ0n) is 13.2. The smallest absolute Gasteiger partial charge is 0.323 e. The van der Waals surface area contributed by atoms with Crippen LogP contribution in [0.1, 0.15) is 32.6 Å². The summed E-state index contributed by atoms with van der Waals surface area (Å²) in [6, 6.07) is 0. The number of carbonyl (C=O) groups is 3. The van der Waals surface area contributed by atoms with E-state index in [1.54, 1.807) is 11.8 Å². The molecule has 2 aliphatic heterocycles. The summed E-state index contributed by atoms with van der Waals surface area (Å²) in [5, 5.41) is 8.90. The van der Waals surface area contributed by atoms with Crippen LogP contribution in [0.3, 0.4) is 0 Å². The second-order valence-electron chi connectivity index (χ2n) is 6.35. The summed E-state index contributed by atoms with van der Waals surface area (Å²) in [6.07, 6.45) is 4.86. The first-order valence-electron chi connectivity index (χ1n) is 7.68. The second-order valence-corrected chi connectivity index (χ2v) is 7.53. The highest BCUT2D eigenvalue weighted by Crippen LogP contribution is 2.40. The van der Waals surface area contributed by atoms with Crippen molar-refractivity contribution in [3.63, 3.8) is 0 Å². The molecule has 2 fully saturated rings. The maximum Gasteiger partial charge on any atom is 0.323 e. The SMILES string of the molecule is CSC(C)C(=O)N1CCC2(CCC(=O)N(CC(=O)O)C2)CC1. The molecule has 2 heterocycles. The summed E-state index contributed by atoms with van der Waals surface area (Å²) in [4.78, 5) is 38.3. The highest BCUT2D eigenvalue weighted by atomic mass is 32.2. The van der Waals surface area contributed by atoms with E-state index in [2.05, 4.69) is 0 Å². The van der Waals surface area contributed by atoms with Gasteiger partial charge < -0.3 is 14.9 Å². The topological polar surface area (TPSA) is 77.9 Å². The van der Waals surface area contributed by atoms with Gasteiger partial charge in [0.25, 0.3) is 0 Å². The number of aliphatic carboxylic acids is 1. The van der Waals surface area contributed by atoms with E-state index in [-0.39, 0.29) is 29.0 Å². The number of hydrogen-bond acceptors (Lipinski definition) is 4. The largest absolute Gasteiger partial charge is 0.480 e. The Balaban J connectivity index is 1.96. The van der Waals surface area contributed by atoms with Gasteiger partial charge in [-0.2, -0.15) is 11.8 Å². The lowest BCUT2D eigenvalue weighted by Crippen LogP contribution is -2.54. The number of piperidine rings is 2. The van der Waals surface area contributed by atoms with Crippen LogP contribution < -0.4 is 0 Å². The molecule has 2 rings (SSSR count). The second kappa shape index (κ2) is 6.89. The molecule has 0 aromatic rings. The number of likely N-dealkylation sites (tertiary alicyclic amines) is 2. The van der Waals surface area contributed by atoms with Crippen LogP contribution in [-0.4, -0.2) is 70.4 Å². The monoisotopic (exact) mass is 328 g/mol. The fraction of sp³-hybridized carbons (Fsp3) is 0.800. The molecule has 2 saturated heterocycles. The Bertz CT molecular complexity index is 460. The number of carboxylic acid groups (broad SMARTS) is 1. The summed E-state index contributed by atoms with van der Waals surface area (Å²) in [7, 11) is 0. The molecule has 1 spiro atoms. The van der Waals surface area contributed by atoms with Crippen molar-refractivity contribution in [1.29, 1.82) is 0 Å². The van der Waals surface area contributed by atoms with Gasteiger partial charge in [-0.15, -0.1) is 0 Å². The van der Waals surface area contributed by atoms with E-state index >= 15 is 0 Å². The average Bonchev–Trinajstić information content (AvgIpc) is 2.50. The number of carbonyl (C=O) groups excluding carboxylic acids is 2. The van der Waals surface area contributed by atoms with E-state index in [1.807, 2.05) is 18.1 Å². The molecule has 6 nitrogen and oxygen atoms in total. The molecule has 124 valence electrons. The average molecular weight is 328 g/mol. The van der Waals surface area contributed by atoms with Crippen LogP contribution in [-0.2, 0) is 14.4 Å². The van der Waals surface area contributed by atoms with Gasteiger partial charge in [0.1, 0.15) is 6.54 Å². The fourth-order valence-electron chi connectivity index (χ4n) is 3.38. The van der Waals surface area contributed by atoms with Gasteiger partial charge in [-0.1, -0.05) is 0 Å². The van der Waals surface area contributed by atoms with Gasteiger partial charge in [-0.05, 0) is 37.9 Å². The molecule has 0 aliphatic carbocycles. The number of rotatable bonds is 4. The number of amides is 2. The van der Waals surface area contributed by atoms with Gasteiger partial charge in [-0.3, -0.25) is 14.4 Å². The summed E-state index contributed by atoms with van der Waals surface area (Å²) < 4.78 is 0. The molecule has 1 unspecified atom stereocenters. The molecule has 7 heteroatoms. The molecule has 0 saturated carbocycles. The van der Waals surface area contributed by atoms with E-state index in [0.717, 1.165) is 19.3 Å². The molecule has 0 radical (unpaired) electrons. The highest BCUT2D eigenvalue weighted by molar-refractivity contribution is 7.99. The highest BCUT2D eigenvalue weighted by Gasteiger charge is 2.42. The van der Waals surface area contributed by atoms with Crippen molar-refractivity contribution < 1.29 is 19.5 Å². The van der Waals surface area contributed by atoms with Crippen LogP contribution in [0, 0.1) is 5.41 Å². The van der Waals surface area contributed by atoms with Crippen LogP contribution in [0.4, 0.5) is 0 Å². The van der Waals surface area contributed by atoms with Crippen molar-refractivity contribution in [2.24, 2.45) is 5.41 Å². The van der Waals surface area contributed by atoms with Gasteiger partial charge >= 0.3 is 5.97 Å². The summed E-state index contributed by atoms with van der Waals surface area (Å²) >= 11 is 1.55. The first-order chi connectivity index (χ1) is 10.4. The minimum Gasteiger partial charge on any atom is -0.480 e. The maximum absolute atomic E-state index is 12.2. The number of hydrogen-bond donors (Lipinski definition) is 1. The first kappa shape index (κ1) is 17.1. The normalized spacial score (nSPS) is 22.7. The standard InChI is InChI=1S/C15H24N2O4S/c1-11(22-2)14(21)16-7-5-15(6-8-16)4-3-12(18)17(10-15)9-13(19)20/h11H,3-10H2,1-2H3,(H,19,20). The predicted molar refractivity (Wildman–Crippen MR) is 84.7 cm³/mol. The fourth-order valence-corrected chi connectivity index (χ4v) is 3.73. The van der Waals surface area contributed by atoms with Crippen molar-refractivity contribution in [3.8, 4) is 0 Å². The zero-order chi connectivity index (χ0) is 16.3. The Kier molecular flexibility index (Phi) is 5.36. The summed E-state index contributed by atoms with van der Waals surface area (Å²) in [6.45, 7) is 3.63. The van der Waals surface area contributed by atoms with Crippen LogP contribution in [0.2, 0.25) is 0 Å². The van der Waals surface area contributed by atoms with Crippen LogP contribution in [0.15, 0.2) is 0 Å². The lowest BCUT2D eigenvalue weighted by molar-refractivity contribution is -0.150. The van der Waals surface area contributed by atoms with Crippen molar-refractivity contribution in [2.45, 2.75) is 37.9 Å². The van der Waals surface area contributed by atoms with Crippen molar-refractivity contribution in [2.75, 3.05) is 32.4 Å². The predicted octanol–water partition coefficient (Wildman–Crippen LogP) is 1.05. The Hall–Kier alpha value is -1.24. The van der Waals surface area contributed by atoms with Gasteiger partial charge in [0.05, 0.1) is 5.25 Å². The molecule has 1 N–H and O–H groups in total. The zero-order valence-corrected chi connectivity index (χ0v) is 14.0. The lowest BCUT2D eigenvalue weighted by Gasteiger charge is -2.47. The molecule has 0 aromatic heterocycles. The Morgan fingerprint density at radius 2 is 1.95 bits per heavy atom. The third-order valence-electron chi connectivity index (χ3n) is 4.91. The van der Waals surface area contributed by atoms with Gasteiger partial charge in [0, 0.05) is 26.1 Å². The molecular weight excluding hydrogens is 304 g/mol. The molecule has 22 heavy (non-hydrogen) atoms. The van der Waals surface area contributed by atoms with E-state index in [0.29, 0.717) is 26.1 Å². The van der Waals surface area contributed by atoms with Crippen LogP contribution in [0.25, 0.3) is 0 Å². The van der Waals surface area contributed by atoms with Crippen molar-refractivity contribution in [3.05, 3.63) is 0 Å². The number of carboxylic acids is 1. The Morgan fingerprint density at radius 3 is 2.50 bits per heavy atom. The molecule has 0 bridgehead atoms. The summed E-state index contributed by atoms with van der Waals surface area (Å²) in [5.74, 6) is -0.856. The van der Waals surface area contributed by atoms with Gasteiger partial charge in [0.15, 0.2) is 0 Å². The Morgan fingerprint density at radius 1 is 1.32 bits per heavy atom. The van der Waals surface area contributed by atoms with Crippen molar-refractivity contribution >= 4 is 29.5 Å². The van der Waals surface area contributed by atoms with Crippen molar-refractivity contribution in [1.82, 2.24) is 9.80 Å². The quantitative estimate of drug-likeness (QED) is 0.835. The third-order valence-corrected chi connectivity index (χ3v) is 5.82. The van der Waals surface area contributed by atoms with E-state index < -0.39 is 5.97 Å². The van der Waals surface area contributed by atoms with Gasteiger partial charge in [-0.25, -0.2) is 0 Å².